The van der Waals surface area contributed by atoms with E-state index in [4.69, 9.17) is 10.5 Å². The van der Waals surface area contributed by atoms with Crippen molar-refractivity contribution >= 4 is 17.3 Å². The first-order chi connectivity index (χ1) is 15.7. The molecule has 32 heavy (non-hydrogen) atoms. The Morgan fingerprint density at radius 2 is 1.12 bits per heavy atom. The highest BCUT2D eigenvalue weighted by Crippen LogP contribution is 2.24. The number of hydrogen-bond donors (Lipinski definition) is 2. The maximum absolute atomic E-state index is 12.2. The first kappa shape index (κ1) is 25.8. The van der Waals surface area contributed by atoms with Gasteiger partial charge < -0.3 is 15.8 Å². The van der Waals surface area contributed by atoms with Gasteiger partial charge in [0, 0.05) is 17.8 Å². The number of carbonyl (C=O) groups excluding carboxylic acids is 1. The molecule has 4 nitrogen and oxygen atoms in total. The van der Waals surface area contributed by atoms with Gasteiger partial charge in [-0.2, -0.15) is 0 Å². The van der Waals surface area contributed by atoms with Crippen LogP contribution in [-0.2, 0) is 4.79 Å². The fourth-order valence-corrected chi connectivity index (χ4v) is 3.81. The van der Waals surface area contributed by atoms with Crippen LogP contribution in [0.1, 0.15) is 96.8 Å². The molecule has 4 heteroatoms. The van der Waals surface area contributed by atoms with Crippen molar-refractivity contribution in [2.75, 3.05) is 11.1 Å². The van der Waals surface area contributed by atoms with Crippen LogP contribution in [0.3, 0.4) is 0 Å². The van der Waals surface area contributed by atoms with Crippen molar-refractivity contribution in [2.45, 2.75) is 96.8 Å². The van der Waals surface area contributed by atoms with Gasteiger partial charge in [-0.3, -0.25) is 4.79 Å². The minimum Gasteiger partial charge on any atom is -0.457 e. The topological polar surface area (TPSA) is 64.3 Å². The second kappa shape index (κ2) is 16.2. The average molecular weight is 439 g/mol. The predicted octanol–water partition coefficient (Wildman–Crippen LogP) is 8.48. The number of rotatable bonds is 17. The minimum atomic E-state index is 0.0836. The van der Waals surface area contributed by atoms with Crippen LogP contribution < -0.4 is 15.8 Å². The summed E-state index contributed by atoms with van der Waals surface area (Å²) in [6, 6.07) is 14.7. The van der Waals surface area contributed by atoms with Crippen LogP contribution in [0.5, 0.6) is 11.5 Å². The van der Waals surface area contributed by atoms with Crippen LogP contribution in [0.4, 0.5) is 11.4 Å². The van der Waals surface area contributed by atoms with Crippen LogP contribution >= 0.6 is 0 Å². The molecule has 0 aromatic heterocycles. The summed E-state index contributed by atoms with van der Waals surface area (Å²) in [5.74, 6) is 1.54. The molecule has 2 aromatic carbocycles. The number of nitrogen functional groups attached to an aromatic ring is 1. The van der Waals surface area contributed by atoms with Gasteiger partial charge in [-0.05, 0) is 55.0 Å². The summed E-state index contributed by atoms with van der Waals surface area (Å²) in [6.07, 6.45) is 17.7. The fraction of sp³-hybridized carbons (Fsp3) is 0.536. The van der Waals surface area contributed by atoms with E-state index in [9.17, 15) is 4.79 Å². The number of nitrogens with two attached hydrogens (primary N) is 1. The number of unbranched alkanes of at least 4 members (excludes halogenated alkanes) is 12. The van der Waals surface area contributed by atoms with E-state index in [0.717, 1.165) is 30.0 Å². The Balaban J connectivity index is 1.47. The highest BCUT2D eigenvalue weighted by molar-refractivity contribution is 5.90. The third kappa shape index (κ3) is 11.8. The average Bonchev–Trinajstić information content (AvgIpc) is 2.80. The number of ether oxygens (including phenoxy) is 1. The first-order valence-electron chi connectivity index (χ1n) is 12.6. The zero-order chi connectivity index (χ0) is 22.9. The Bertz CT molecular complexity index is 741. The summed E-state index contributed by atoms with van der Waals surface area (Å²) in [6.45, 7) is 2.27. The summed E-state index contributed by atoms with van der Waals surface area (Å²) < 4.78 is 5.78. The van der Waals surface area contributed by atoms with E-state index in [1.54, 1.807) is 12.1 Å². The minimum absolute atomic E-state index is 0.0836. The molecule has 0 saturated carbocycles. The van der Waals surface area contributed by atoms with Crippen LogP contribution in [-0.4, -0.2) is 5.91 Å². The van der Waals surface area contributed by atoms with Gasteiger partial charge in [0.05, 0.1) is 0 Å². The Morgan fingerprint density at radius 1 is 0.688 bits per heavy atom. The van der Waals surface area contributed by atoms with Gasteiger partial charge in [-0.1, -0.05) is 84.0 Å². The van der Waals surface area contributed by atoms with Gasteiger partial charge in [0.1, 0.15) is 11.5 Å². The Morgan fingerprint density at radius 3 is 1.62 bits per heavy atom. The van der Waals surface area contributed by atoms with Crippen LogP contribution in [0.15, 0.2) is 48.5 Å². The molecule has 2 rings (SSSR count). The van der Waals surface area contributed by atoms with E-state index in [0.29, 0.717) is 12.1 Å². The molecule has 0 aliphatic rings. The largest absolute Gasteiger partial charge is 0.457 e. The number of nitrogens with one attached hydrogen (secondary N) is 1. The van der Waals surface area contributed by atoms with Gasteiger partial charge in [-0.25, -0.2) is 0 Å². The number of carbonyl (C=O) groups is 1. The molecule has 0 spiro atoms. The van der Waals surface area contributed by atoms with Crippen molar-refractivity contribution in [1.82, 2.24) is 0 Å². The molecule has 0 aliphatic carbocycles. The van der Waals surface area contributed by atoms with Crippen molar-refractivity contribution in [3.8, 4) is 11.5 Å². The quantitative estimate of drug-likeness (QED) is 0.192. The molecule has 3 N–H and O–H groups in total. The summed E-state index contributed by atoms with van der Waals surface area (Å²) in [7, 11) is 0. The van der Waals surface area contributed by atoms with Crippen molar-refractivity contribution < 1.29 is 9.53 Å². The molecule has 176 valence electrons. The fourth-order valence-electron chi connectivity index (χ4n) is 3.81. The van der Waals surface area contributed by atoms with E-state index in [1.807, 2.05) is 36.4 Å². The molecule has 0 fully saturated rings. The number of benzene rings is 2. The first-order valence-corrected chi connectivity index (χ1v) is 12.6. The normalized spacial score (nSPS) is 10.8. The zero-order valence-corrected chi connectivity index (χ0v) is 19.9. The van der Waals surface area contributed by atoms with Gasteiger partial charge in [0.15, 0.2) is 0 Å². The van der Waals surface area contributed by atoms with Crippen LogP contribution in [0.2, 0.25) is 0 Å². The van der Waals surface area contributed by atoms with E-state index in [1.165, 1.54) is 70.6 Å². The smallest absolute Gasteiger partial charge is 0.224 e. The summed E-state index contributed by atoms with van der Waals surface area (Å²) in [4.78, 5) is 12.2. The summed E-state index contributed by atoms with van der Waals surface area (Å²) >= 11 is 0. The van der Waals surface area contributed by atoms with Gasteiger partial charge in [0.2, 0.25) is 5.91 Å². The Kier molecular flexibility index (Phi) is 13.0. The molecule has 0 aliphatic heterocycles. The standard InChI is InChI=1S/C28H42N2O2/c1-2-3-4-5-6-7-8-9-10-11-12-13-14-15-28(31)30-25-18-22-27(23-19-25)32-26-20-16-24(29)17-21-26/h16-23H,2-15,29H2,1H3,(H,30,31). The predicted molar refractivity (Wildman–Crippen MR) is 136 cm³/mol. The van der Waals surface area contributed by atoms with E-state index < -0.39 is 0 Å². The van der Waals surface area contributed by atoms with Crippen molar-refractivity contribution in [3.05, 3.63) is 48.5 Å². The van der Waals surface area contributed by atoms with Crippen molar-refractivity contribution in [3.63, 3.8) is 0 Å². The lowest BCUT2D eigenvalue weighted by atomic mass is 10.0. The highest BCUT2D eigenvalue weighted by Gasteiger charge is 2.04. The molecule has 1 amide bonds. The molecular weight excluding hydrogens is 396 g/mol. The van der Waals surface area contributed by atoms with Gasteiger partial charge in [0.25, 0.3) is 0 Å². The molecule has 0 heterocycles. The Hall–Kier alpha value is -2.49. The second-order valence-corrected chi connectivity index (χ2v) is 8.74. The zero-order valence-electron chi connectivity index (χ0n) is 19.9. The van der Waals surface area contributed by atoms with Gasteiger partial charge in [-0.15, -0.1) is 0 Å². The lowest BCUT2D eigenvalue weighted by Gasteiger charge is -2.08. The van der Waals surface area contributed by atoms with Crippen LogP contribution in [0.25, 0.3) is 0 Å². The maximum atomic E-state index is 12.2. The van der Waals surface area contributed by atoms with Crippen molar-refractivity contribution in [1.29, 1.82) is 0 Å². The van der Waals surface area contributed by atoms with E-state index >= 15 is 0 Å². The van der Waals surface area contributed by atoms with E-state index in [2.05, 4.69) is 12.2 Å². The van der Waals surface area contributed by atoms with Crippen LogP contribution in [0, 0.1) is 0 Å². The number of amides is 1. The summed E-state index contributed by atoms with van der Waals surface area (Å²) in [5.41, 5.74) is 7.19. The van der Waals surface area contributed by atoms with Gasteiger partial charge >= 0.3 is 0 Å². The third-order valence-corrected chi connectivity index (χ3v) is 5.76. The number of anilines is 2. The highest BCUT2D eigenvalue weighted by atomic mass is 16.5. The molecule has 0 radical (unpaired) electrons. The van der Waals surface area contributed by atoms with E-state index in [-0.39, 0.29) is 5.91 Å². The third-order valence-electron chi connectivity index (χ3n) is 5.76. The second-order valence-electron chi connectivity index (χ2n) is 8.74. The Labute approximate surface area is 194 Å². The molecule has 2 aromatic rings. The molecule has 0 unspecified atom stereocenters. The summed E-state index contributed by atoms with van der Waals surface area (Å²) in [5, 5.41) is 2.97. The molecule has 0 bridgehead atoms. The lowest BCUT2D eigenvalue weighted by molar-refractivity contribution is -0.116. The SMILES string of the molecule is CCCCCCCCCCCCCCCC(=O)Nc1ccc(Oc2ccc(N)cc2)cc1. The lowest BCUT2D eigenvalue weighted by Crippen LogP contribution is -2.10. The monoisotopic (exact) mass is 438 g/mol. The molecule has 0 saturated heterocycles. The molecule has 0 atom stereocenters. The number of hydrogen-bond acceptors (Lipinski definition) is 3. The molecular formula is C28H42N2O2. The van der Waals surface area contributed by atoms with Crippen molar-refractivity contribution in [2.24, 2.45) is 0 Å². The maximum Gasteiger partial charge on any atom is 0.224 e.